The molecule has 2 heterocycles. The first-order valence-corrected chi connectivity index (χ1v) is 11.1. The van der Waals surface area contributed by atoms with Gasteiger partial charge >= 0.3 is 0 Å². The normalized spacial score (nSPS) is 14.2. The Bertz CT molecular complexity index is 1050. The summed E-state index contributed by atoms with van der Waals surface area (Å²) in [6.07, 6.45) is 1.80. The third kappa shape index (κ3) is 5.78. The van der Waals surface area contributed by atoms with Crippen LogP contribution in [0.25, 0.3) is 0 Å². The van der Waals surface area contributed by atoms with E-state index in [4.69, 9.17) is 16.3 Å². The van der Waals surface area contributed by atoms with E-state index in [1.807, 2.05) is 48.5 Å². The van der Waals surface area contributed by atoms with Crippen LogP contribution in [0.4, 0.5) is 5.82 Å². The third-order valence-corrected chi connectivity index (χ3v) is 5.78. The number of carbonyl (C=O) groups excluding carboxylic acids is 1. The summed E-state index contributed by atoms with van der Waals surface area (Å²) in [7, 11) is 2.13. The lowest BCUT2D eigenvalue weighted by molar-refractivity contribution is 0.0946. The van der Waals surface area contributed by atoms with Crippen LogP contribution < -0.4 is 15.0 Å². The molecule has 0 radical (unpaired) electrons. The summed E-state index contributed by atoms with van der Waals surface area (Å²) in [5, 5.41) is 3.69. The van der Waals surface area contributed by atoms with Crippen molar-refractivity contribution in [1.82, 2.24) is 15.2 Å². The van der Waals surface area contributed by atoms with E-state index in [1.165, 1.54) is 0 Å². The van der Waals surface area contributed by atoms with Gasteiger partial charge in [0.2, 0.25) is 0 Å². The van der Waals surface area contributed by atoms with Crippen LogP contribution >= 0.6 is 11.6 Å². The van der Waals surface area contributed by atoms with Crippen molar-refractivity contribution in [3.05, 3.63) is 88.6 Å². The van der Waals surface area contributed by atoms with Crippen molar-refractivity contribution in [2.45, 2.75) is 13.2 Å². The molecular formula is C25H27ClN4O2. The van der Waals surface area contributed by atoms with Gasteiger partial charge in [0, 0.05) is 43.9 Å². The largest absolute Gasteiger partial charge is 0.488 e. The summed E-state index contributed by atoms with van der Waals surface area (Å²) in [6.45, 7) is 4.74. The molecule has 2 aromatic carbocycles. The minimum atomic E-state index is -0.172. The van der Waals surface area contributed by atoms with Gasteiger partial charge in [-0.25, -0.2) is 4.98 Å². The number of halogens is 1. The number of likely N-dealkylation sites (N-methyl/N-ethyl adjacent to an activating group) is 1. The second-order valence-corrected chi connectivity index (χ2v) is 8.34. The highest BCUT2D eigenvalue weighted by Gasteiger charge is 2.16. The number of amides is 1. The van der Waals surface area contributed by atoms with Crippen molar-refractivity contribution in [1.29, 1.82) is 0 Å². The van der Waals surface area contributed by atoms with E-state index in [0.717, 1.165) is 43.1 Å². The summed E-state index contributed by atoms with van der Waals surface area (Å²) in [5.41, 5.74) is 2.51. The number of carbonyl (C=O) groups is 1. The fourth-order valence-corrected chi connectivity index (χ4v) is 3.70. The minimum Gasteiger partial charge on any atom is -0.488 e. The van der Waals surface area contributed by atoms with Crippen molar-refractivity contribution in [2.75, 3.05) is 38.1 Å². The zero-order valence-corrected chi connectivity index (χ0v) is 18.9. The predicted molar refractivity (Wildman–Crippen MR) is 127 cm³/mol. The first kappa shape index (κ1) is 22.1. The molecule has 1 aromatic heterocycles. The maximum Gasteiger partial charge on any atom is 0.255 e. The zero-order valence-electron chi connectivity index (χ0n) is 18.1. The van der Waals surface area contributed by atoms with Crippen LogP contribution in [0, 0.1) is 0 Å². The van der Waals surface area contributed by atoms with E-state index in [9.17, 15) is 4.79 Å². The van der Waals surface area contributed by atoms with Crippen molar-refractivity contribution in [3.8, 4) is 5.75 Å². The number of piperazine rings is 1. The van der Waals surface area contributed by atoms with Gasteiger partial charge < -0.3 is 19.9 Å². The van der Waals surface area contributed by atoms with Crippen LogP contribution in [0.2, 0.25) is 5.02 Å². The highest BCUT2D eigenvalue weighted by Crippen LogP contribution is 2.21. The van der Waals surface area contributed by atoms with Gasteiger partial charge in [-0.05, 0) is 54.6 Å². The Kier molecular flexibility index (Phi) is 7.24. The smallest absolute Gasteiger partial charge is 0.255 e. The second-order valence-electron chi connectivity index (χ2n) is 7.91. The maximum absolute atomic E-state index is 12.9. The molecule has 32 heavy (non-hydrogen) atoms. The number of aromatic nitrogens is 1. The average molecular weight is 451 g/mol. The molecule has 1 aliphatic rings. The van der Waals surface area contributed by atoms with Crippen molar-refractivity contribution >= 4 is 23.3 Å². The van der Waals surface area contributed by atoms with Crippen LogP contribution in [0.5, 0.6) is 5.75 Å². The molecule has 0 unspecified atom stereocenters. The topological polar surface area (TPSA) is 57.7 Å². The SMILES string of the molecule is CN1CCN(c2cc(CNC(=O)c3ccccc3OCc3ccc(Cl)cc3)ccn2)CC1. The second kappa shape index (κ2) is 10.5. The molecule has 0 bridgehead atoms. The van der Waals surface area contributed by atoms with E-state index < -0.39 is 0 Å². The number of pyridine rings is 1. The Morgan fingerprint density at radius 2 is 1.78 bits per heavy atom. The standard InChI is InChI=1S/C25H27ClN4O2/c1-29-12-14-30(15-13-29)24-16-20(10-11-27-24)17-28-25(31)22-4-2-3-5-23(22)32-18-19-6-8-21(26)9-7-19/h2-11,16H,12-15,17-18H2,1H3,(H,28,31). The molecule has 166 valence electrons. The summed E-state index contributed by atoms with van der Waals surface area (Å²) >= 11 is 5.94. The van der Waals surface area contributed by atoms with Gasteiger partial charge in [0.05, 0.1) is 5.56 Å². The molecule has 1 amide bonds. The molecule has 0 atom stereocenters. The van der Waals surface area contributed by atoms with Crippen LogP contribution in [-0.2, 0) is 13.2 Å². The van der Waals surface area contributed by atoms with Crippen molar-refractivity contribution in [2.24, 2.45) is 0 Å². The molecule has 1 saturated heterocycles. The van der Waals surface area contributed by atoms with Gasteiger partial charge in [0.15, 0.2) is 0 Å². The number of nitrogens with one attached hydrogen (secondary N) is 1. The molecule has 3 aromatic rings. The fraction of sp³-hybridized carbons (Fsp3) is 0.280. The van der Waals surface area contributed by atoms with Gasteiger partial charge in [0.1, 0.15) is 18.2 Å². The number of hydrogen-bond acceptors (Lipinski definition) is 5. The lowest BCUT2D eigenvalue weighted by Gasteiger charge is -2.33. The Morgan fingerprint density at radius 1 is 1.03 bits per heavy atom. The highest BCUT2D eigenvalue weighted by atomic mass is 35.5. The zero-order chi connectivity index (χ0) is 22.3. The van der Waals surface area contributed by atoms with Crippen LogP contribution in [0.1, 0.15) is 21.5 Å². The van der Waals surface area contributed by atoms with Gasteiger partial charge in [-0.1, -0.05) is 35.9 Å². The van der Waals surface area contributed by atoms with Crippen LogP contribution in [0.15, 0.2) is 66.9 Å². The summed E-state index contributed by atoms with van der Waals surface area (Å²) in [6, 6.07) is 18.7. The van der Waals surface area contributed by atoms with Crippen LogP contribution in [-0.4, -0.2) is 49.0 Å². The average Bonchev–Trinajstić information content (AvgIpc) is 2.83. The number of nitrogens with zero attached hydrogens (tertiary/aromatic N) is 3. The van der Waals surface area contributed by atoms with E-state index in [2.05, 4.69) is 33.2 Å². The lowest BCUT2D eigenvalue weighted by Crippen LogP contribution is -2.44. The molecule has 6 nitrogen and oxygen atoms in total. The molecule has 0 aliphatic carbocycles. The molecule has 7 heteroatoms. The Hall–Kier alpha value is -3.09. The van der Waals surface area contributed by atoms with E-state index in [1.54, 1.807) is 12.3 Å². The minimum absolute atomic E-state index is 0.172. The van der Waals surface area contributed by atoms with E-state index >= 15 is 0 Å². The Morgan fingerprint density at radius 3 is 2.56 bits per heavy atom. The molecule has 1 aliphatic heterocycles. The molecule has 1 N–H and O–H groups in total. The van der Waals surface area contributed by atoms with E-state index in [0.29, 0.717) is 29.5 Å². The Labute approximate surface area is 193 Å². The van der Waals surface area contributed by atoms with Gasteiger partial charge in [0.25, 0.3) is 5.91 Å². The Balaban J connectivity index is 1.37. The molecule has 0 saturated carbocycles. The fourth-order valence-electron chi connectivity index (χ4n) is 3.58. The number of rotatable bonds is 7. The summed E-state index contributed by atoms with van der Waals surface area (Å²) in [4.78, 5) is 22.0. The predicted octanol–water partition coefficient (Wildman–Crippen LogP) is 4.00. The maximum atomic E-state index is 12.9. The molecular weight excluding hydrogens is 424 g/mol. The third-order valence-electron chi connectivity index (χ3n) is 5.53. The van der Waals surface area contributed by atoms with Crippen molar-refractivity contribution < 1.29 is 9.53 Å². The summed E-state index contributed by atoms with van der Waals surface area (Å²) in [5.74, 6) is 1.33. The molecule has 4 rings (SSSR count). The van der Waals surface area contributed by atoms with Crippen molar-refractivity contribution in [3.63, 3.8) is 0 Å². The number of anilines is 1. The first-order chi connectivity index (χ1) is 15.6. The van der Waals surface area contributed by atoms with Gasteiger partial charge in [-0.2, -0.15) is 0 Å². The van der Waals surface area contributed by atoms with Gasteiger partial charge in [-0.3, -0.25) is 4.79 Å². The number of benzene rings is 2. The quantitative estimate of drug-likeness (QED) is 0.589. The van der Waals surface area contributed by atoms with Gasteiger partial charge in [-0.15, -0.1) is 0 Å². The summed E-state index contributed by atoms with van der Waals surface area (Å²) < 4.78 is 5.92. The molecule has 1 fully saturated rings. The first-order valence-electron chi connectivity index (χ1n) is 10.7. The number of para-hydroxylation sites is 1. The number of hydrogen-bond donors (Lipinski definition) is 1. The number of ether oxygens (including phenoxy) is 1. The molecule has 0 spiro atoms. The lowest BCUT2D eigenvalue weighted by atomic mass is 10.1. The highest BCUT2D eigenvalue weighted by molar-refractivity contribution is 6.30. The van der Waals surface area contributed by atoms with E-state index in [-0.39, 0.29) is 5.91 Å². The van der Waals surface area contributed by atoms with Crippen LogP contribution in [0.3, 0.4) is 0 Å². The monoisotopic (exact) mass is 450 g/mol.